The molecule has 3 amide bonds. The molecule has 3 fully saturated rings. The van der Waals surface area contributed by atoms with Crippen LogP contribution in [-0.4, -0.2) is 124 Å². The Morgan fingerprint density at radius 3 is 2.46 bits per heavy atom. The zero-order valence-electron chi connectivity index (χ0n) is 32.0. The molecule has 3 aliphatic heterocycles. The molecule has 0 aliphatic carbocycles. The van der Waals surface area contributed by atoms with E-state index in [1.54, 1.807) is 0 Å². The van der Waals surface area contributed by atoms with E-state index in [0.29, 0.717) is 18.9 Å². The maximum atomic E-state index is 12.8. The van der Waals surface area contributed by atoms with Gasteiger partial charge in [-0.25, -0.2) is 4.79 Å². The average Bonchev–Trinajstić information content (AvgIpc) is 3.53. The molecule has 0 saturated carbocycles. The highest BCUT2D eigenvalue weighted by molar-refractivity contribution is 5.88. The smallest absolute Gasteiger partial charge is 0.315 e. The minimum Gasteiger partial charge on any atom is -0.394 e. The van der Waals surface area contributed by atoms with E-state index in [0.717, 1.165) is 85.1 Å². The molecular formula is C42H59N5O7. The van der Waals surface area contributed by atoms with Gasteiger partial charge in [-0.05, 0) is 91.6 Å². The van der Waals surface area contributed by atoms with Gasteiger partial charge < -0.3 is 50.2 Å². The monoisotopic (exact) mass is 745 g/mol. The molecule has 12 nitrogen and oxygen atoms in total. The van der Waals surface area contributed by atoms with Crippen LogP contribution in [0.5, 0.6) is 0 Å². The molecule has 2 aromatic carbocycles. The van der Waals surface area contributed by atoms with E-state index in [4.69, 9.17) is 4.74 Å². The highest BCUT2D eigenvalue weighted by Crippen LogP contribution is 2.40. The normalized spacial score (nSPS) is 24.8. The van der Waals surface area contributed by atoms with Crippen LogP contribution in [0.25, 0.3) is 17.0 Å². The summed E-state index contributed by atoms with van der Waals surface area (Å²) < 4.78 is 7.72. The van der Waals surface area contributed by atoms with Crippen molar-refractivity contribution < 1.29 is 34.8 Å². The third kappa shape index (κ3) is 9.35. The third-order valence-corrected chi connectivity index (χ3v) is 11.6. The quantitative estimate of drug-likeness (QED) is 0.164. The van der Waals surface area contributed by atoms with Crippen LogP contribution in [0.4, 0.5) is 4.79 Å². The second kappa shape index (κ2) is 17.8. The number of hydrogen-bond acceptors (Lipinski definition) is 8. The number of fused-ring (bicyclic) bond motifs is 1. The fourth-order valence-corrected chi connectivity index (χ4v) is 8.45. The summed E-state index contributed by atoms with van der Waals surface area (Å²) in [7, 11) is 0. The predicted octanol–water partition coefficient (Wildman–Crippen LogP) is 3.58. The zero-order valence-corrected chi connectivity index (χ0v) is 32.0. The van der Waals surface area contributed by atoms with Crippen LogP contribution in [0, 0.1) is 18.3 Å². The van der Waals surface area contributed by atoms with Crippen molar-refractivity contribution >= 4 is 28.9 Å². The summed E-state index contributed by atoms with van der Waals surface area (Å²) in [6, 6.07) is 14.2. The van der Waals surface area contributed by atoms with Gasteiger partial charge in [0, 0.05) is 44.3 Å². The second-order valence-electron chi connectivity index (χ2n) is 16.1. The van der Waals surface area contributed by atoms with Crippen molar-refractivity contribution in [2.45, 2.75) is 89.9 Å². The Labute approximate surface area is 318 Å². The summed E-state index contributed by atoms with van der Waals surface area (Å²) in [6.07, 6.45) is 6.22. The van der Waals surface area contributed by atoms with Gasteiger partial charge in [-0.15, -0.1) is 0 Å². The zero-order chi connectivity index (χ0) is 38.4. The van der Waals surface area contributed by atoms with Crippen molar-refractivity contribution in [1.82, 2.24) is 25.0 Å². The third-order valence-electron chi connectivity index (χ3n) is 11.6. The van der Waals surface area contributed by atoms with Gasteiger partial charge in [0.05, 0.1) is 18.7 Å². The number of carbonyl (C=O) groups excluding carboxylic acids is 2. The van der Waals surface area contributed by atoms with E-state index in [-0.39, 0.29) is 23.9 Å². The molecule has 1 aromatic heterocycles. The number of rotatable bonds is 12. The van der Waals surface area contributed by atoms with Gasteiger partial charge in [0.25, 0.3) is 0 Å². The summed E-state index contributed by atoms with van der Waals surface area (Å²) in [6.45, 7) is 10.9. The lowest BCUT2D eigenvalue weighted by atomic mass is 9.72. The number of amides is 3. The standard InChI is InChI=1S/C42H59N5O7/c1-28(2)23-43-41(53)44-24-35(49)46-20-16-42(17-21-46)15-7-19-45(27-42)18-5-4-9-30-11-13-31(14-12-30)22-32-25-47(33-10-6-8-29(3)36(32)33)40-39(52)38(51)37(50)34(26-48)54-40/h4,6,8-14,25,28,34,37-40,48,50-52H,5,7,15-24,26-27H2,1-3H3,(H2,43,44,53)/b9-4+/t34-,37-,38+,39-,40-/m1/s1. The van der Waals surface area contributed by atoms with Gasteiger partial charge in [-0.3, -0.25) is 4.79 Å². The fourth-order valence-electron chi connectivity index (χ4n) is 8.45. The van der Waals surface area contributed by atoms with Crippen molar-refractivity contribution in [3.05, 3.63) is 77.0 Å². The minimum absolute atomic E-state index is 0.00934. The van der Waals surface area contributed by atoms with Crippen molar-refractivity contribution in [2.75, 3.05) is 52.4 Å². The summed E-state index contributed by atoms with van der Waals surface area (Å²) in [4.78, 5) is 29.2. The van der Waals surface area contributed by atoms with Gasteiger partial charge in [0.2, 0.25) is 5.91 Å². The predicted molar refractivity (Wildman–Crippen MR) is 209 cm³/mol. The Bertz CT molecular complexity index is 1750. The maximum Gasteiger partial charge on any atom is 0.315 e. The molecule has 54 heavy (non-hydrogen) atoms. The number of benzene rings is 2. The van der Waals surface area contributed by atoms with Crippen molar-refractivity contribution in [1.29, 1.82) is 0 Å². The molecule has 294 valence electrons. The van der Waals surface area contributed by atoms with Crippen LogP contribution >= 0.6 is 0 Å². The molecule has 0 unspecified atom stereocenters. The van der Waals surface area contributed by atoms with Crippen LogP contribution in [0.2, 0.25) is 0 Å². The summed E-state index contributed by atoms with van der Waals surface area (Å²) in [5.41, 5.74) is 5.52. The number of aromatic nitrogens is 1. The highest BCUT2D eigenvalue weighted by atomic mass is 16.6. The number of aliphatic hydroxyl groups excluding tert-OH is 4. The number of piperidine rings is 2. The van der Waals surface area contributed by atoms with Crippen LogP contribution in [0.15, 0.2) is 54.7 Å². The number of aryl methyl sites for hydroxylation is 1. The van der Waals surface area contributed by atoms with Crippen LogP contribution in [-0.2, 0) is 16.0 Å². The van der Waals surface area contributed by atoms with Gasteiger partial charge in [0.1, 0.15) is 24.4 Å². The number of aliphatic hydroxyl groups is 4. The molecule has 3 aliphatic rings. The summed E-state index contributed by atoms with van der Waals surface area (Å²) in [5.74, 6) is 0.351. The number of carbonyl (C=O) groups is 2. The second-order valence-corrected chi connectivity index (χ2v) is 16.1. The van der Waals surface area contributed by atoms with E-state index >= 15 is 0 Å². The Hall–Kier alpha value is -3.78. The highest BCUT2D eigenvalue weighted by Gasteiger charge is 2.44. The maximum absolute atomic E-state index is 12.8. The Kier molecular flexibility index (Phi) is 13.1. The lowest BCUT2D eigenvalue weighted by Crippen LogP contribution is -2.56. The number of hydrogen-bond donors (Lipinski definition) is 6. The van der Waals surface area contributed by atoms with E-state index in [9.17, 15) is 30.0 Å². The van der Waals surface area contributed by atoms with E-state index in [1.165, 1.54) is 12.8 Å². The van der Waals surface area contributed by atoms with Gasteiger partial charge >= 0.3 is 6.03 Å². The average molecular weight is 746 g/mol. The first-order chi connectivity index (χ1) is 26.0. The molecule has 12 heteroatoms. The first-order valence-electron chi connectivity index (χ1n) is 19.6. The number of nitrogens with one attached hydrogen (secondary N) is 2. The van der Waals surface area contributed by atoms with Crippen molar-refractivity contribution in [2.24, 2.45) is 11.3 Å². The number of ether oxygens (including phenoxy) is 1. The van der Waals surface area contributed by atoms with E-state index in [2.05, 4.69) is 52.0 Å². The Morgan fingerprint density at radius 2 is 1.74 bits per heavy atom. The first kappa shape index (κ1) is 39.9. The molecule has 6 N–H and O–H groups in total. The van der Waals surface area contributed by atoms with Gasteiger partial charge in [-0.1, -0.05) is 62.4 Å². The summed E-state index contributed by atoms with van der Waals surface area (Å²) in [5, 5.41) is 47.9. The lowest BCUT2D eigenvalue weighted by Gasteiger charge is -2.47. The molecular weight excluding hydrogens is 686 g/mol. The largest absolute Gasteiger partial charge is 0.394 e. The van der Waals surface area contributed by atoms with E-state index in [1.807, 2.05) is 54.6 Å². The lowest BCUT2D eigenvalue weighted by molar-refractivity contribution is -0.250. The number of nitrogens with zero attached hydrogens (tertiary/aromatic N) is 3. The molecule has 0 radical (unpaired) electrons. The van der Waals surface area contributed by atoms with E-state index < -0.39 is 37.3 Å². The van der Waals surface area contributed by atoms with Crippen LogP contribution in [0.1, 0.15) is 74.4 Å². The number of urea groups is 1. The van der Waals surface area contributed by atoms with Crippen LogP contribution < -0.4 is 10.6 Å². The molecule has 1 spiro atoms. The minimum atomic E-state index is -1.45. The van der Waals surface area contributed by atoms with Gasteiger partial charge in [-0.2, -0.15) is 0 Å². The molecule has 3 saturated heterocycles. The van der Waals surface area contributed by atoms with Gasteiger partial charge in [0.15, 0.2) is 6.23 Å². The topological polar surface area (TPSA) is 160 Å². The fraction of sp³-hybridized carbons (Fsp3) is 0.571. The SMILES string of the molecule is Cc1cccc2c1c(Cc1ccc(/C=C/CCN3CCCC4(CCN(C(=O)CNC(=O)NCC(C)C)CC4)C3)cc1)cn2[C@@H]1O[C@H](CO)[C@@H](O)[C@H](O)[C@H]1O. The molecule has 4 heterocycles. The first-order valence-corrected chi connectivity index (χ1v) is 19.6. The molecule has 6 rings (SSSR count). The van der Waals surface area contributed by atoms with Crippen molar-refractivity contribution in [3.63, 3.8) is 0 Å². The van der Waals surface area contributed by atoms with Crippen molar-refractivity contribution in [3.8, 4) is 0 Å². The summed E-state index contributed by atoms with van der Waals surface area (Å²) >= 11 is 0. The molecule has 0 bridgehead atoms. The molecule has 3 aromatic rings. The Morgan fingerprint density at radius 1 is 0.981 bits per heavy atom. The Balaban J connectivity index is 0.992. The molecule has 5 atom stereocenters. The number of likely N-dealkylation sites (tertiary alicyclic amines) is 2. The van der Waals surface area contributed by atoms with Crippen LogP contribution in [0.3, 0.4) is 0 Å².